The number of aromatic nitrogens is 1. The predicted molar refractivity (Wildman–Crippen MR) is 75.4 cm³/mol. The molecule has 4 N–H and O–H groups in total. The quantitative estimate of drug-likeness (QED) is 0.444. The summed E-state index contributed by atoms with van der Waals surface area (Å²) in [4.78, 5) is 3.15. The van der Waals surface area contributed by atoms with E-state index in [0.717, 1.165) is 22.2 Å². The summed E-state index contributed by atoms with van der Waals surface area (Å²) in [7, 11) is 0. The summed E-state index contributed by atoms with van der Waals surface area (Å²) < 4.78 is 0. The molecule has 1 aromatic heterocycles. The van der Waals surface area contributed by atoms with E-state index in [4.69, 9.17) is 29.6 Å². The number of thiocarbonyl (C=S) groups is 1. The van der Waals surface area contributed by atoms with E-state index in [1.165, 1.54) is 0 Å². The van der Waals surface area contributed by atoms with Crippen LogP contribution in [0.2, 0.25) is 5.02 Å². The van der Waals surface area contributed by atoms with E-state index in [0.29, 0.717) is 5.02 Å². The first-order chi connectivity index (χ1) is 8.08. The highest BCUT2D eigenvalue weighted by Crippen LogP contribution is 2.22. The second-order valence-corrected chi connectivity index (χ2v) is 4.44. The third kappa shape index (κ3) is 2.57. The lowest BCUT2D eigenvalue weighted by Crippen LogP contribution is -2.25. The van der Waals surface area contributed by atoms with Gasteiger partial charge in [-0.1, -0.05) is 11.6 Å². The first-order valence-electron chi connectivity index (χ1n) is 4.94. The lowest BCUT2D eigenvalue weighted by Gasteiger charge is -2.00. The summed E-state index contributed by atoms with van der Waals surface area (Å²) in [5.74, 6) is 0. The smallest absolute Gasteiger partial charge is 0.184 e. The summed E-state index contributed by atoms with van der Waals surface area (Å²) >= 11 is 10.7. The van der Waals surface area contributed by atoms with Crippen LogP contribution in [0.1, 0.15) is 12.5 Å². The molecule has 0 unspecified atom stereocenters. The van der Waals surface area contributed by atoms with Crippen LogP contribution in [0.3, 0.4) is 0 Å². The maximum absolute atomic E-state index is 5.97. The van der Waals surface area contributed by atoms with Gasteiger partial charge in [0, 0.05) is 27.7 Å². The molecule has 2 aromatic rings. The van der Waals surface area contributed by atoms with Gasteiger partial charge in [-0.15, -0.1) is 0 Å². The highest BCUT2D eigenvalue weighted by Gasteiger charge is 2.06. The van der Waals surface area contributed by atoms with Gasteiger partial charge >= 0.3 is 0 Å². The molecule has 0 fully saturated rings. The van der Waals surface area contributed by atoms with E-state index in [1.807, 2.05) is 31.3 Å². The number of hydrogen-bond donors (Lipinski definition) is 3. The highest BCUT2D eigenvalue weighted by molar-refractivity contribution is 7.80. The monoisotopic (exact) mass is 266 g/mol. The second-order valence-electron chi connectivity index (χ2n) is 3.57. The predicted octanol–water partition coefficient (Wildman–Crippen LogP) is 2.38. The zero-order valence-corrected chi connectivity index (χ0v) is 10.7. The van der Waals surface area contributed by atoms with Gasteiger partial charge in [0.2, 0.25) is 0 Å². The Bertz CT molecular complexity index is 603. The molecule has 1 aromatic carbocycles. The van der Waals surface area contributed by atoms with E-state index in [2.05, 4.69) is 15.5 Å². The van der Waals surface area contributed by atoms with Crippen molar-refractivity contribution in [3.8, 4) is 0 Å². The van der Waals surface area contributed by atoms with Crippen molar-refractivity contribution in [3.63, 3.8) is 0 Å². The van der Waals surface area contributed by atoms with Crippen molar-refractivity contribution in [1.29, 1.82) is 0 Å². The van der Waals surface area contributed by atoms with E-state index in [1.54, 1.807) is 0 Å². The largest absolute Gasteiger partial charge is 0.375 e. The summed E-state index contributed by atoms with van der Waals surface area (Å²) in [6.07, 6.45) is 1.88. The Morgan fingerprint density at radius 3 is 3.00 bits per heavy atom. The van der Waals surface area contributed by atoms with E-state index in [9.17, 15) is 0 Å². The Hall–Kier alpha value is -1.59. The molecule has 6 heteroatoms. The van der Waals surface area contributed by atoms with Crippen LogP contribution in [0.5, 0.6) is 0 Å². The van der Waals surface area contributed by atoms with Crippen LogP contribution in [0.25, 0.3) is 10.9 Å². The van der Waals surface area contributed by atoms with Crippen molar-refractivity contribution in [1.82, 2.24) is 10.4 Å². The first kappa shape index (κ1) is 11.9. The summed E-state index contributed by atoms with van der Waals surface area (Å²) in [6, 6.07) is 5.65. The average Bonchev–Trinajstić information content (AvgIpc) is 2.68. The maximum atomic E-state index is 5.97. The van der Waals surface area contributed by atoms with Crippen LogP contribution in [-0.4, -0.2) is 15.8 Å². The number of nitrogens with zero attached hydrogens (tertiary/aromatic N) is 1. The molecule has 4 nitrogen and oxygen atoms in total. The van der Waals surface area contributed by atoms with Crippen LogP contribution in [-0.2, 0) is 0 Å². The van der Waals surface area contributed by atoms with Crippen LogP contribution >= 0.6 is 23.8 Å². The van der Waals surface area contributed by atoms with Gasteiger partial charge in [-0.2, -0.15) is 5.10 Å². The fraction of sp³-hybridized carbons (Fsp3) is 0.0909. The van der Waals surface area contributed by atoms with E-state index in [-0.39, 0.29) is 5.11 Å². The summed E-state index contributed by atoms with van der Waals surface area (Å²) in [5, 5.41) is 5.93. The molecule has 0 spiro atoms. The number of rotatable bonds is 2. The van der Waals surface area contributed by atoms with Crippen LogP contribution in [0, 0.1) is 0 Å². The first-order valence-corrected chi connectivity index (χ1v) is 5.73. The molecule has 0 aliphatic carbocycles. The SMILES string of the molecule is C/C(=N/NC(N)=S)c1c[nH]c2ccc(Cl)cc12. The van der Waals surface area contributed by atoms with Gasteiger partial charge in [0.05, 0.1) is 5.71 Å². The van der Waals surface area contributed by atoms with Gasteiger partial charge in [-0.05, 0) is 37.3 Å². The van der Waals surface area contributed by atoms with E-state index < -0.39 is 0 Å². The highest BCUT2D eigenvalue weighted by atomic mass is 35.5. The van der Waals surface area contributed by atoms with Crippen molar-refractivity contribution in [2.75, 3.05) is 0 Å². The molecular formula is C11H11ClN4S. The molecule has 0 bridgehead atoms. The van der Waals surface area contributed by atoms with Gasteiger partial charge in [-0.25, -0.2) is 0 Å². The number of hydrazone groups is 1. The molecule has 0 saturated heterocycles. The number of H-pyrrole nitrogens is 1. The summed E-state index contributed by atoms with van der Waals surface area (Å²) in [5.41, 5.74) is 10.6. The minimum absolute atomic E-state index is 0.141. The second kappa shape index (κ2) is 4.73. The molecule has 0 amide bonds. The van der Waals surface area contributed by atoms with Gasteiger partial charge in [0.15, 0.2) is 5.11 Å². The number of nitrogens with one attached hydrogen (secondary N) is 2. The van der Waals surface area contributed by atoms with Gasteiger partial charge in [0.1, 0.15) is 0 Å². The molecule has 2 rings (SSSR count). The van der Waals surface area contributed by atoms with E-state index >= 15 is 0 Å². The lowest BCUT2D eigenvalue weighted by molar-refractivity contribution is 1.03. The van der Waals surface area contributed by atoms with Crippen molar-refractivity contribution < 1.29 is 0 Å². The van der Waals surface area contributed by atoms with Crippen molar-refractivity contribution in [2.45, 2.75) is 6.92 Å². The van der Waals surface area contributed by atoms with Gasteiger partial charge < -0.3 is 10.7 Å². The van der Waals surface area contributed by atoms with Gasteiger partial charge in [-0.3, -0.25) is 5.43 Å². The Balaban J connectivity index is 2.45. The maximum Gasteiger partial charge on any atom is 0.184 e. The third-order valence-electron chi connectivity index (χ3n) is 2.37. The van der Waals surface area contributed by atoms with Crippen LogP contribution < -0.4 is 11.2 Å². The molecular weight excluding hydrogens is 256 g/mol. The molecule has 88 valence electrons. The Morgan fingerprint density at radius 1 is 1.53 bits per heavy atom. The third-order valence-corrected chi connectivity index (χ3v) is 2.69. The van der Waals surface area contributed by atoms with Crippen LogP contribution in [0.4, 0.5) is 0 Å². The zero-order chi connectivity index (χ0) is 12.4. The number of benzene rings is 1. The normalized spacial score (nSPS) is 11.8. The average molecular weight is 267 g/mol. The fourth-order valence-electron chi connectivity index (χ4n) is 1.59. The van der Waals surface area contributed by atoms with Gasteiger partial charge in [0.25, 0.3) is 0 Å². The lowest BCUT2D eigenvalue weighted by atomic mass is 10.1. The molecule has 0 aliphatic heterocycles. The number of nitrogens with two attached hydrogens (primary N) is 1. The number of halogens is 1. The minimum Gasteiger partial charge on any atom is -0.375 e. The molecule has 0 saturated carbocycles. The number of hydrogen-bond acceptors (Lipinski definition) is 2. The Labute approximate surface area is 109 Å². The van der Waals surface area contributed by atoms with Crippen molar-refractivity contribution >= 4 is 45.5 Å². The Morgan fingerprint density at radius 2 is 2.29 bits per heavy atom. The number of aromatic amines is 1. The minimum atomic E-state index is 0.141. The fourth-order valence-corrected chi connectivity index (χ4v) is 1.81. The molecule has 0 aliphatic rings. The topological polar surface area (TPSA) is 66.2 Å². The van der Waals surface area contributed by atoms with Crippen molar-refractivity contribution in [2.24, 2.45) is 10.8 Å². The molecule has 0 radical (unpaired) electrons. The molecule has 0 atom stereocenters. The van der Waals surface area contributed by atoms with Crippen LogP contribution in [0.15, 0.2) is 29.5 Å². The summed E-state index contributed by atoms with van der Waals surface area (Å²) in [6.45, 7) is 1.87. The Kier molecular flexibility index (Phi) is 3.31. The van der Waals surface area contributed by atoms with Crippen molar-refractivity contribution in [3.05, 3.63) is 35.0 Å². The number of fused-ring (bicyclic) bond motifs is 1. The molecule has 1 heterocycles. The zero-order valence-electron chi connectivity index (χ0n) is 9.12. The standard InChI is InChI=1S/C11H11ClN4S/c1-6(15-16-11(13)17)9-5-14-10-3-2-7(12)4-8(9)10/h2-5,14H,1H3,(H3,13,16,17)/b15-6-. The molecule has 17 heavy (non-hydrogen) atoms.